The van der Waals surface area contributed by atoms with Gasteiger partial charge in [0.1, 0.15) is 5.82 Å². The first-order chi connectivity index (χ1) is 16.0. The lowest BCUT2D eigenvalue weighted by molar-refractivity contribution is 0.0769. The van der Waals surface area contributed by atoms with E-state index >= 15 is 0 Å². The summed E-state index contributed by atoms with van der Waals surface area (Å²) in [5.74, 6) is 1.09. The molecule has 2 aromatic heterocycles. The van der Waals surface area contributed by atoms with Crippen molar-refractivity contribution in [1.82, 2.24) is 14.5 Å². The molecule has 0 atom stereocenters. The Bertz CT molecular complexity index is 1300. The Balaban J connectivity index is 0.00000274. The number of benzene rings is 2. The van der Waals surface area contributed by atoms with Gasteiger partial charge in [0.25, 0.3) is 5.91 Å². The molecule has 6 heteroatoms. The Kier molecular flexibility index (Phi) is 6.94. The predicted octanol–water partition coefficient (Wildman–Crippen LogP) is 5.63. The van der Waals surface area contributed by atoms with Crippen molar-refractivity contribution in [3.05, 3.63) is 83.6 Å². The van der Waals surface area contributed by atoms with Gasteiger partial charge in [-0.2, -0.15) is 0 Å². The van der Waals surface area contributed by atoms with E-state index in [9.17, 15) is 4.79 Å². The number of carbonyl (C=O) groups is 1. The number of nitrogens with zero attached hydrogens (tertiary/aromatic N) is 4. The van der Waals surface area contributed by atoms with Crippen LogP contribution in [-0.2, 0) is 7.05 Å². The van der Waals surface area contributed by atoms with Crippen molar-refractivity contribution in [2.24, 2.45) is 7.05 Å². The van der Waals surface area contributed by atoms with Crippen molar-refractivity contribution in [1.29, 1.82) is 0 Å². The Morgan fingerprint density at radius 2 is 1.65 bits per heavy atom. The fourth-order valence-corrected chi connectivity index (χ4v) is 4.87. The van der Waals surface area contributed by atoms with E-state index in [4.69, 9.17) is 0 Å². The molecule has 0 bridgehead atoms. The Morgan fingerprint density at radius 3 is 2.38 bits per heavy atom. The van der Waals surface area contributed by atoms with Crippen molar-refractivity contribution in [3.8, 4) is 11.3 Å². The molecule has 5 rings (SSSR count). The summed E-state index contributed by atoms with van der Waals surface area (Å²) >= 11 is 0. The molecule has 0 spiro atoms. The number of amides is 1. The average Bonchev–Trinajstić information content (AvgIpc) is 2.97. The number of pyridine rings is 1. The number of carbonyl (C=O) groups excluding carboxylic acids is 1. The minimum Gasteiger partial charge on any atom is -0.355 e. The maximum absolute atomic E-state index is 14.1. The van der Waals surface area contributed by atoms with Crippen molar-refractivity contribution in [2.75, 3.05) is 31.1 Å². The van der Waals surface area contributed by atoms with E-state index in [1.165, 1.54) is 5.56 Å². The molecular weight excluding hydrogens is 444 g/mol. The third-order valence-electron chi connectivity index (χ3n) is 6.65. The molecule has 1 saturated heterocycles. The van der Waals surface area contributed by atoms with Gasteiger partial charge in [-0.3, -0.25) is 4.79 Å². The molecule has 1 aliphatic rings. The summed E-state index contributed by atoms with van der Waals surface area (Å²) in [5, 5.41) is 1.03. The zero-order chi connectivity index (χ0) is 22.9. The highest BCUT2D eigenvalue weighted by Gasteiger charge is 2.28. The first-order valence-corrected chi connectivity index (χ1v) is 11.6. The van der Waals surface area contributed by atoms with Gasteiger partial charge in [-0.1, -0.05) is 47.5 Å². The largest absolute Gasteiger partial charge is 0.355 e. The van der Waals surface area contributed by atoms with E-state index in [1.54, 1.807) is 0 Å². The van der Waals surface area contributed by atoms with Gasteiger partial charge >= 0.3 is 0 Å². The lowest BCUT2D eigenvalue weighted by Crippen LogP contribution is -2.35. The van der Waals surface area contributed by atoms with Crippen LogP contribution in [0.2, 0.25) is 0 Å². The van der Waals surface area contributed by atoms with Crippen LogP contribution in [0, 0.1) is 13.8 Å². The molecule has 0 radical (unpaired) electrons. The Hall–Kier alpha value is -3.31. The smallest absolute Gasteiger partial charge is 0.256 e. The fourth-order valence-electron chi connectivity index (χ4n) is 4.87. The highest BCUT2D eigenvalue weighted by molar-refractivity contribution is 6.13. The molecule has 1 fully saturated rings. The fraction of sp³-hybridized carbons (Fsp3) is 0.286. The lowest BCUT2D eigenvalue weighted by atomic mass is 10.0. The van der Waals surface area contributed by atoms with Crippen LogP contribution < -0.4 is 4.90 Å². The number of anilines is 1. The SMILES string of the molecule is Cc1ccc(-c2c(C(=O)N3CCCN(c4ccccn4)CC3)c3cc(C)ccc3n2C)cc1.Cl. The third kappa shape index (κ3) is 4.40. The van der Waals surface area contributed by atoms with Gasteiger partial charge in [0.15, 0.2) is 0 Å². The summed E-state index contributed by atoms with van der Waals surface area (Å²) in [4.78, 5) is 22.9. The monoisotopic (exact) mass is 474 g/mol. The summed E-state index contributed by atoms with van der Waals surface area (Å²) in [5.41, 5.74) is 6.34. The topological polar surface area (TPSA) is 41.4 Å². The van der Waals surface area contributed by atoms with Crippen LogP contribution in [0.15, 0.2) is 66.9 Å². The first-order valence-electron chi connectivity index (χ1n) is 11.6. The zero-order valence-electron chi connectivity index (χ0n) is 20.0. The predicted molar refractivity (Wildman–Crippen MR) is 142 cm³/mol. The molecule has 34 heavy (non-hydrogen) atoms. The number of rotatable bonds is 3. The second kappa shape index (κ2) is 9.90. The standard InChI is InChI=1S/C28H30N4O.ClH/c1-20-8-11-22(12-9-20)27-26(23-19-21(2)10-13-24(23)30(27)3)28(33)32-16-6-15-31(17-18-32)25-7-4-5-14-29-25;/h4-5,7-14,19H,6,15-18H2,1-3H3;1H. The lowest BCUT2D eigenvalue weighted by Gasteiger charge is -2.23. The van der Waals surface area contributed by atoms with Gasteiger partial charge in [0.05, 0.1) is 11.3 Å². The maximum atomic E-state index is 14.1. The average molecular weight is 475 g/mol. The number of halogens is 1. The summed E-state index contributed by atoms with van der Waals surface area (Å²) in [6.07, 6.45) is 2.75. The van der Waals surface area contributed by atoms with Gasteiger partial charge < -0.3 is 14.4 Å². The summed E-state index contributed by atoms with van der Waals surface area (Å²) in [6, 6.07) is 20.9. The van der Waals surface area contributed by atoms with E-state index in [1.807, 2.05) is 29.3 Å². The molecule has 1 amide bonds. The second-order valence-corrected chi connectivity index (χ2v) is 8.99. The van der Waals surface area contributed by atoms with E-state index in [-0.39, 0.29) is 18.3 Å². The maximum Gasteiger partial charge on any atom is 0.256 e. The van der Waals surface area contributed by atoms with Crippen molar-refractivity contribution >= 4 is 35.0 Å². The van der Waals surface area contributed by atoms with E-state index < -0.39 is 0 Å². The van der Waals surface area contributed by atoms with Gasteiger partial charge in [0.2, 0.25) is 0 Å². The third-order valence-corrected chi connectivity index (χ3v) is 6.65. The summed E-state index contributed by atoms with van der Waals surface area (Å²) < 4.78 is 2.17. The number of hydrogen-bond donors (Lipinski definition) is 0. The molecule has 0 saturated carbocycles. The molecule has 176 valence electrons. The molecule has 3 heterocycles. The highest BCUT2D eigenvalue weighted by atomic mass is 35.5. The number of fused-ring (bicyclic) bond motifs is 1. The van der Waals surface area contributed by atoms with Crippen LogP contribution in [0.3, 0.4) is 0 Å². The highest BCUT2D eigenvalue weighted by Crippen LogP contribution is 2.35. The number of aryl methyl sites for hydroxylation is 3. The van der Waals surface area contributed by atoms with Gasteiger partial charge in [-0.15, -0.1) is 12.4 Å². The second-order valence-electron chi connectivity index (χ2n) is 8.99. The number of aromatic nitrogens is 2. The van der Waals surface area contributed by atoms with Gasteiger partial charge in [-0.05, 0) is 50.1 Å². The van der Waals surface area contributed by atoms with Crippen LogP contribution in [0.1, 0.15) is 27.9 Å². The molecule has 5 nitrogen and oxygen atoms in total. The number of hydrogen-bond acceptors (Lipinski definition) is 3. The molecule has 0 aliphatic carbocycles. The molecule has 4 aromatic rings. The van der Waals surface area contributed by atoms with E-state index in [0.717, 1.165) is 65.2 Å². The summed E-state index contributed by atoms with van der Waals surface area (Å²) in [6.45, 7) is 7.30. The van der Waals surface area contributed by atoms with Crippen LogP contribution in [0.4, 0.5) is 5.82 Å². The van der Waals surface area contributed by atoms with Crippen molar-refractivity contribution in [2.45, 2.75) is 20.3 Å². The molecule has 0 unspecified atom stereocenters. The quantitative estimate of drug-likeness (QED) is 0.386. The molecular formula is C28H31ClN4O. The summed E-state index contributed by atoms with van der Waals surface area (Å²) in [7, 11) is 2.06. The normalized spacial score (nSPS) is 14.1. The van der Waals surface area contributed by atoms with Crippen LogP contribution in [0.5, 0.6) is 0 Å². The van der Waals surface area contributed by atoms with Crippen molar-refractivity contribution < 1.29 is 4.79 Å². The zero-order valence-corrected chi connectivity index (χ0v) is 20.8. The minimum absolute atomic E-state index is 0. The molecule has 1 aliphatic heterocycles. The van der Waals surface area contributed by atoms with E-state index in [0.29, 0.717) is 6.54 Å². The molecule has 0 N–H and O–H groups in total. The van der Waals surface area contributed by atoms with Gasteiger partial charge in [0, 0.05) is 50.3 Å². The first kappa shape index (κ1) is 23.8. The van der Waals surface area contributed by atoms with Gasteiger partial charge in [-0.25, -0.2) is 4.98 Å². The Morgan fingerprint density at radius 1 is 0.882 bits per heavy atom. The van der Waals surface area contributed by atoms with E-state index in [2.05, 4.69) is 77.8 Å². The molecule has 2 aromatic carbocycles. The Labute approximate surface area is 207 Å². The minimum atomic E-state index is 0. The van der Waals surface area contributed by atoms with Crippen LogP contribution in [-0.4, -0.2) is 46.5 Å². The van der Waals surface area contributed by atoms with Crippen LogP contribution in [0.25, 0.3) is 22.2 Å². The van der Waals surface area contributed by atoms with Crippen LogP contribution >= 0.6 is 12.4 Å². The van der Waals surface area contributed by atoms with Crippen molar-refractivity contribution in [3.63, 3.8) is 0 Å².